The summed E-state index contributed by atoms with van der Waals surface area (Å²) in [5.74, 6) is -0.886. The van der Waals surface area contributed by atoms with Crippen LogP contribution in [0.1, 0.15) is 21.5 Å². The van der Waals surface area contributed by atoms with E-state index < -0.39 is 5.97 Å². The maximum Gasteiger partial charge on any atom is 1.00 e. The van der Waals surface area contributed by atoms with E-state index in [2.05, 4.69) is 0 Å². The SMILES string of the molecule is COc1ccc(C[Se]COCc2ccccc2)cc1C(=O)[O-].[Na+]. The molecule has 0 bridgehead atoms. The van der Waals surface area contributed by atoms with E-state index in [9.17, 15) is 9.90 Å². The molecule has 23 heavy (non-hydrogen) atoms. The van der Waals surface area contributed by atoms with E-state index >= 15 is 0 Å². The molecule has 0 saturated heterocycles. The molecule has 0 amide bonds. The van der Waals surface area contributed by atoms with Gasteiger partial charge in [0, 0.05) is 0 Å². The van der Waals surface area contributed by atoms with Gasteiger partial charge in [0.15, 0.2) is 0 Å². The number of carboxylic acids is 1. The fourth-order valence-corrected chi connectivity index (χ4v) is 3.42. The molecule has 2 aromatic rings. The molecule has 0 aliphatic heterocycles. The van der Waals surface area contributed by atoms with Crippen LogP contribution in [0.5, 0.6) is 5.75 Å². The zero-order valence-electron chi connectivity index (χ0n) is 13.3. The maximum atomic E-state index is 11.1. The standard InChI is InChI=1S/C17H18O4Se.Na/c1-20-16-8-7-14(9-15(16)17(18)19)11-22-12-21-10-13-5-3-2-4-6-13;/h2-9H,10-12H2,1H3,(H,18,19);/q;+1/p-1. The normalized spacial score (nSPS) is 9.96. The summed E-state index contributed by atoms with van der Waals surface area (Å²) < 4.78 is 10.7. The van der Waals surface area contributed by atoms with Crippen LogP contribution in [0.3, 0.4) is 0 Å². The van der Waals surface area contributed by atoms with Crippen LogP contribution in [0, 0.1) is 0 Å². The average Bonchev–Trinajstić information content (AvgIpc) is 2.55. The second kappa shape index (κ2) is 10.9. The van der Waals surface area contributed by atoms with Crippen LogP contribution in [0.25, 0.3) is 0 Å². The Hall–Kier alpha value is -0.811. The molecule has 0 spiro atoms. The molecular weight excluding hydrogens is 370 g/mol. The predicted octanol–water partition coefficient (Wildman–Crippen LogP) is -1.56. The molecule has 0 radical (unpaired) electrons. The number of aromatic carboxylic acids is 1. The molecular formula is C17H17NaO4Se. The number of methoxy groups -OCH3 is 1. The Morgan fingerprint density at radius 2 is 1.87 bits per heavy atom. The third-order valence-electron chi connectivity index (χ3n) is 3.03. The van der Waals surface area contributed by atoms with Gasteiger partial charge in [-0.25, -0.2) is 0 Å². The Labute approximate surface area is 164 Å². The second-order valence-corrected chi connectivity index (χ2v) is 6.58. The molecule has 0 heterocycles. The summed E-state index contributed by atoms with van der Waals surface area (Å²) in [7, 11) is 1.45. The molecule has 4 nitrogen and oxygen atoms in total. The van der Waals surface area contributed by atoms with Gasteiger partial charge in [-0.05, 0) is 0 Å². The molecule has 0 N–H and O–H groups in total. The smallest absolute Gasteiger partial charge is 1.00 e. The number of benzene rings is 2. The second-order valence-electron chi connectivity index (χ2n) is 4.62. The third kappa shape index (κ3) is 6.68. The van der Waals surface area contributed by atoms with Gasteiger partial charge in [-0.3, -0.25) is 0 Å². The van der Waals surface area contributed by atoms with E-state index in [-0.39, 0.29) is 50.1 Å². The first-order valence-corrected chi connectivity index (χ1v) is 9.20. The van der Waals surface area contributed by atoms with Crippen LogP contribution >= 0.6 is 0 Å². The molecule has 2 aromatic carbocycles. The summed E-state index contributed by atoms with van der Waals surface area (Å²) in [5, 5.41) is 11.9. The van der Waals surface area contributed by atoms with Crippen molar-refractivity contribution in [3.05, 3.63) is 65.2 Å². The molecule has 0 aliphatic rings. The van der Waals surface area contributed by atoms with Crippen LogP contribution in [0.15, 0.2) is 48.5 Å². The average molecular weight is 387 g/mol. The van der Waals surface area contributed by atoms with Gasteiger partial charge < -0.3 is 0 Å². The van der Waals surface area contributed by atoms with Crippen molar-refractivity contribution in [2.75, 3.05) is 12.6 Å². The summed E-state index contributed by atoms with van der Waals surface area (Å²) in [6.07, 6.45) is 0. The number of hydrogen-bond acceptors (Lipinski definition) is 4. The Morgan fingerprint density at radius 3 is 2.52 bits per heavy atom. The number of carbonyl (C=O) groups excluding carboxylic acids is 1. The van der Waals surface area contributed by atoms with E-state index in [1.807, 2.05) is 36.4 Å². The van der Waals surface area contributed by atoms with Crippen molar-refractivity contribution in [3.63, 3.8) is 0 Å². The van der Waals surface area contributed by atoms with Crippen LogP contribution in [0.4, 0.5) is 0 Å². The van der Waals surface area contributed by atoms with E-state index in [1.165, 1.54) is 7.11 Å². The fourth-order valence-electron chi connectivity index (χ4n) is 1.96. The van der Waals surface area contributed by atoms with Crippen molar-refractivity contribution in [2.45, 2.75) is 11.9 Å². The molecule has 116 valence electrons. The van der Waals surface area contributed by atoms with Gasteiger partial charge >= 0.3 is 165 Å². The maximum absolute atomic E-state index is 11.1. The van der Waals surface area contributed by atoms with Gasteiger partial charge in [0.1, 0.15) is 0 Å². The monoisotopic (exact) mass is 388 g/mol. The third-order valence-corrected chi connectivity index (χ3v) is 4.86. The first-order chi connectivity index (χ1) is 10.7. The first kappa shape index (κ1) is 20.2. The fraction of sp³-hybridized carbons (Fsp3) is 0.235. The van der Waals surface area contributed by atoms with Crippen molar-refractivity contribution in [3.8, 4) is 5.75 Å². The van der Waals surface area contributed by atoms with E-state index in [0.29, 0.717) is 17.9 Å². The summed E-state index contributed by atoms with van der Waals surface area (Å²) in [6.45, 7) is 0.607. The molecule has 6 heteroatoms. The largest absolute Gasteiger partial charge is 1.00 e. The minimum Gasteiger partial charge on any atom is 1.00 e. The van der Waals surface area contributed by atoms with E-state index in [4.69, 9.17) is 9.47 Å². The topological polar surface area (TPSA) is 58.6 Å². The summed E-state index contributed by atoms with van der Waals surface area (Å²) in [6, 6.07) is 15.2. The number of carboxylic acid groups (broad SMARTS) is 1. The van der Waals surface area contributed by atoms with Crippen LogP contribution in [-0.2, 0) is 16.7 Å². The zero-order valence-corrected chi connectivity index (χ0v) is 17.0. The van der Waals surface area contributed by atoms with Gasteiger partial charge in [0.25, 0.3) is 0 Å². The molecule has 0 saturated carbocycles. The van der Waals surface area contributed by atoms with Gasteiger partial charge in [-0.1, -0.05) is 0 Å². The Balaban J connectivity index is 0.00000264. The molecule has 0 unspecified atom stereocenters. The van der Waals surface area contributed by atoms with E-state index in [0.717, 1.165) is 16.4 Å². The molecule has 2 rings (SSSR count). The minimum absolute atomic E-state index is 0. The van der Waals surface area contributed by atoms with Crippen molar-refractivity contribution in [1.29, 1.82) is 0 Å². The minimum atomic E-state index is -1.22. The van der Waals surface area contributed by atoms with Crippen molar-refractivity contribution in [2.24, 2.45) is 0 Å². The number of carbonyl (C=O) groups is 1. The van der Waals surface area contributed by atoms with Gasteiger partial charge in [-0.15, -0.1) is 0 Å². The molecule has 0 fully saturated rings. The summed E-state index contributed by atoms with van der Waals surface area (Å²) in [4.78, 5) is 11.1. The molecule has 0 aromatic heterocycles. The number of ether oxygens (including phenoxy) is 2. The van der Waals surface area contributed by atoms with Crippen molar-refractivity contribution >= 4 is 20.9 Å². The Bertz CT molecular complexity index is 619. The molecule has 0 aliphatic carbocycles. The predicted molar refractivity (Wildman–Crippen MR) is 82.9 cm³/mol. The molecule has 0 atom stereocenters. The van der Waals surface area contributed by atoms with Gasteiger partial charge in [0.05, 0.1) is 0 Å². The Kier molecular flexibility index (Phi) is 9.56. The number of hydrogen-bond donors (Lipinski definition) is 0. The number of rotatable bonds is 8. The van der Waals surface area contributed by atoms with Crippen LogP contribution in [0.2, 0.25) is 0 Å². The quantitative estimate of drug-likeness (QED) is 0.406. The van der Waals surface area contributed by atoms with Gasteiger partial charge in [0.2, 0.25) is 0 Å². The van der Waals surface area contributed by atoms with Gasteiger partial charge in [-0.2, -0.15) is 0 Å². The summed E-state index contributed by atoms with van der Waals surface area (Å²) >= 11 is 0.257. The van der Waals surface area contributed by atoms with Crippen LogP contribution in [-0.4, -0.2) is 33.5 Å². The first-order valence-electron chi connectivity index (χ1n) is 6.78. The van der Waals surface area contributed by atoms with E-state index in [1.54, 1.807) is 12.1 Å². The zero-order chi connectivity index (χ0) is 15.8. The Morgan fingerprint density at radius 1 is 1.13 bits per heavy atom. The summed E-state index contributed by atoms with van der Waals surface area (Å²) in [5.41, 5.74) is 2.90. The van der Waals surface area contributed by atoms with Crippen molar-refractivity contribution < 1.29 is 48.9 Å². The van der Waals surface area contributed by atoms with Crippen LogP contribution < -0.4 is 39.4 Å². The van der Waals surface area contributed by atoms with Crippen molar-refractivity contribution in [1.82, 2.24) is 0 Å².